The van der Waals surface area contributed by atoms with E-state index in [1.165, 1.54) is 5.56 Å². The average Bonchev–Trinajstić information content (AvgIpc) is 3.32. The van der Waals surface area contributed by atoms with Crippen LogP contribution in [0.25, 0.3) is 16.0 Å². The Hall–Kier alpha value is -2.51. The topological polar surface area (TPSA) is 61.4 Å². The van der Waals surface area contributed by atoms with Crippen LogP contribution in [0.3, 0.4) is 0 Å². The van der Waals surface area contributed by atoms with Crippen molar-refractivity contribution in [1.82, 2.24) is 19.2 Å². The molecule has 4 aromatic rings. The normalized spacial score (nSPS) is 16.9. The SMILES string of the molecule is CC(C)[C@@H]1Cc2c(sc3c2c(=O)n(CCc2ccccc2)c2nncn32)CO1. The van der Waals surface area contributed by atoms with Crippen LogP contribution in [0.4, 0.5) is 0 Å². The van der Waals surface area contributed by atoms with Gasteiger partial charge in [0, 0.05) is 17.8 Å². The van der Waals surface area contributed by atoms with Gasteiger partial charge in [-0.25, -0.2) is 0 Å². The minimum absolute atomic E-state index is 0.0355. The van der Waals surface area contributed by atoms with E-state index >= 15 is 0 Å². The smallest absolute Gasteiger partial charge is 0.263 e. The number of hydrogen-bond donors (Lipinski definition) is 0. The molecule has 0 N–H and O–H groups in total. The van der Waals surface area contributed by atoms with Crippen molar-refractivity contribution >= 4 is 27.3 Å². The lowest BCUT2D eigenvalue weighted by Crippen LogP contribution is -2.28. The van der Waals surface area contributed by atoms with Crippen LogP contribution in [-0.2, 0) is 30.7 Å². The van der Waals surface area contributed by atoms with E-state index in [-0.39, 0.29) is 11.7 Å². The Morgan fingerprint density at radius 1 is 1.29 bits per heavy atom. The van der Waals surface area contributed by atoms with Crippen LogP contribution in [0.2, 0.25) is 0 Å². The average molecular weight is 395 g/mol. The summed E-state index contributed by atoms with van der Waals surface area (Å²) in [6.07, 6.45) is 3.42. The highest BCUT2D eigenvalue weighted by atomic mass is 32.1. The maximum absolute atomic E-state index is 13.5. The molecule has 5 rings (SSSR count). The fourth-order valence-corrected chi connectivity index (χ4v) is 5.17. The highest BCUT2D eigenvalue weighted by Crippen LogP contribution is 2.35. The molecule has 0 unspecified atom stereocenters. The Morgan fingerprint density at radius 2 is 2.11 bits per heavy atom. The third-order valence-corrected chi connectivity index (χ3v) is 6.77. The number of nitrogens with zero attached hydrogens (tertiary/aromatic N) is 4. The van der Waals surface area contributed by atoms with E-state index in [0.717, 1.165) is 33.5 Å². The fraction of sp³-hybridized carbons (Fsp3) is 0.381. The van der Waals surface area contributed by atoms with Crippen molar-refractivity contribution in [1.29, 1.82) is 0 Å². The molecule has 0 amide bonds. The zero-order chi connectivity index (χ0) is 19.3. The summed E-state index contributed by atoms with van der Waals surface area (Å²) >= 11 is 1.63. The van der Waals surface area contributed by atoms with Crippen molar-refractivity contribution in [2.45, 2.75) is 45.9 Å². The van der Waals surface area contributed by atoms with Crippen LogP contribution in [-0.4, -0.2) is 25.3 Å². The predicted molar refractivity (Wildman–Crippen MR) is 110 cm³/mol. The van der Waals surface area contributed by atoms with Gasteiger partial charge in [-0.1, -0.05) is 44.2 Å². The largest absolute Gasteiger partial charge is 0.372 e. The van der Waals surface area contributed by atoms with Gasteiger partial charge in [-0.15, -0.1) is 21.5 Å². The van der Waals surface area contributed by atoms with Crippen LogP contribution in [0.15, 0.2) is 41.5 Å². The Morgan fingerprint density at radius 3 is 2.89 bits per heavy atom. The first kappa shape index (κ1) is 17.6. The van der Waals surface area contributed by atoms with Gasteiger partial charge in [0.25, 0.3) is 5.56 Å². The highest BCUT2D eigenvalue weighted by Gasteiger charge is 2.28. The first-order valence-corrected chi connectivity index (χ1v) is 10.5. The molecule has 6 nitrogen and oxygen atoms in total. The molecule has 28 heavy (non-hydrogen) atoms. The van der Waals surface area contributed by atoms with Gasteiger partial charge < -0.3 is 4.74 Å². The lowest BCUT2D eigenvalue weighted by atomic mass is 9.96. The van der Waals surface area contributed by atoms with E-state index in [1.54, 1.807) is 22.2 Å². The summed E-state index contributed by atoms with van der Waals surface area (Å²) in [5.74, 6) is 1.02. The van der Waals surface area contributed by atoms with Crippen LogP contribution >= 0.6 is 11.3 Å². The quantitative estimate of drug-likeness (QED) is 0.532. The molecule has 0 bridgehead atoms. The Kier molecular flexibility index (Phi) is 4.29. The second-order valence-electron chi connectivity index (χ2n) is 7.67. The molecule has 0 fully saturated rings. The third kappa shape index (κ3) is 2.77. The number of hydrogen-bond acceptors (Lipinski definition) is 5. The number of aromatic nitrogens is 4. The van der Waals surface area contributed by atoms with Crippen molar-refractivity contribution in [2.24, 2.45) is 5.92 Å². The van der Waals surface area contributed by atoms with Crippen molar-refractivity contribution in [2.75, 3.05) is 0 Å². The summed E-state index contributed by atoms with van der Waals surface area (Å²) in [6, 6.07) is 10.2. The monoisotopic (exact) mass is 394 g/mol. The molecule has 144 valence electrons. The number of aryl methyl sites for hydroxylation is 2. The van der Waals surface area contributed by atoms with E-state index in [9.17, 15) is 4.79 Å². The predicted octanol–water partition coefficient (Wildman–Crippen LogP) is 3.45. The highest BCUT2D eigenvalue weighted by molar-refractivity contribution is 7.18. The molecule has 1 atom stereocenters. The van der Waals surface area contributed by atoms with Gasteiger partial charge in [0.15, 0.2) is 0 Å². The van der Waals surface area contributed by atoms with Crippen molar-refractivity contribution in [3.63, 3.8) is 0 Å². The van der Waals surface area contributed by atoms with Gasteiger partial charge in [-0.05, 0) is 23.5 Å². The zero-order valence-electron chi connectivity index (χ0n) is 16.0. The van der Waals surface area contributed by atoms with E-state index in [0.29, 0.717) is 24.8 Å². The summed E-state index contributed by atoms with van der Waals surface area (Å²) in [5.41, 5.74) is 2.39. The first-order valence-electron chi connectivity index (χ1n) is 9.66. The Balaban J connectivity index is 1.66. The summed E-state index contributed by atoms with van der Waals surface area (Å²) in [4.78, 5) is 15.6. The van der Waals surface area contributed by atoms with Crippen molar-refractivity contribution < 1.29 is 4.74 Å². The summed E-state index contributed by atoms with van der Waals surface area (Å²) in [5, 5.41) is 9.14. The second-order valence-corrected chi connectivity index (χ2v) is 8.76. The van der Waals surface area contributed by atoms with E-state index in [4.69, 9.17) is 4.74 Å². The molecule has 0 aliphatic carbocycles. The zero-order valence-corrected chi connectivity index (χ0v) is 16.8. The summed E-state index contributed by atoms with van der Waals surface area (Å²) < 4.78 is 9.75. The van der Waals surface area contributed by atoms with E-state index < -0.39 is 0 Å². The molecule has 3 aromatic heterocycles. The van der Waals surface area contributed by atoms with Gasteiger partial charge in [0.1, 0.15) is 11.2 Å². The third-order valence-electron chi connectivity index (χ3n) is 5.57. The molecule has 0 radical (unpaired) electrons. The lowest BCUT2D eigenvalue weighted by Gasteiger charge is -2.26. The lowest BCUT2D eigenvalue weighted by molar-refractivity contribution is 0.00200. The van der Waals surface area contributed by atoms with Crippen LogP contribution in [0, 0.1) is 5.92 Å². The van der Waals surface area contributed by atoms with Crippen molar-refractivity contribution in [3.8, 4) is 0 Å². The molecule has 1 aliphatic rings. The maximum atomic E-state index is 13.5. The molecule has 0 saturated carbocycles. The number of rotatable bonds is 4. The maximum Gasteiger partial charge on any atom is 0.263 e. The number of benzene rings is 1. The second kappa shape index (κ2) is 6.83. The molecule has 1 aliphatic heterocycles. The minimum Gasteiger partial charge on any atom is -0.372 e. The summed E-state index contributed by atoms with van der Waals surface area (Å²) in [6.45, 7) is 5.49. The first-order chi connectivity index (χ1) is 13.6. The minimum atomic E-state index is 0.0355. The number of thiophene rings is 1. The summed E-state index contributed by atoms with van der Waals surface area (Å²) in [7, 11) is 0. The standard InChI is InChI=1S/C21H22N4O2S/c1-13(2)16-10-15-17(11-27-16)28-20-18(15)19(26)24(21-23-22-12-25(20)21)9-8-14-6-4-3-5-7-14/h3-7,12-13,16H,8-11H2,1-2H3/t16-/m0/s1. The molecule has 0 saturated heterocycles. The molecule has 1 aromatic carbocycles. The van der Waals surface area contributed by atoms with Gasteiger partial charge in [-0.3, -0.25) is 13.8 Å². The van der Waals surface area contributed by atoms with Gasteiger partial charge >= 0.3 is 0 Å². The van der Waals surface area contributed by atoms with E-state index in [2.05, 4.69) is 36.2 Å². The molecular formula is C21H22N4O2S. The van der Waals surface area contributed by atoms with Crippen molar-refractivity contribution in [3.05, 3.63) is 63.0 Å². The van der Waals surface area contributed by atoms with Crippen LogP contribution < -0.4 is 5.56 Å². The van der Waals surface area contributed by atoms with Gasteiger partial charge in [-0.2, -0.15) is 0 Å². The molecule has 7 heteroatoms. The molecule has 4 heterocycles. The van der Waals surface area contributed by atoms with Gasteiger partial charge in [0.05, 0.1) is 18.1 Å². The molecular weight excluding hydrogens is 372 g/mol. The van der Waals surface area contributed by atoms with Crippen LogP contribution in [0.1, 0.15) is 29.9 Å². The number of ether oxygens (including phenoxy) is 1. The fourth-order valence-electron chi connectivity index (χ4n) is 3.96. The Labute approximate surface area is 166 Å². The Bertz CT molecular complexity index is 1210. The van der Waals surface area contributed by atoms with E-state index in [1.807, 2.05) is 22.6 Å². The number of fused-ring (bicyclic) bond motifs is 5. The molecule has 0 spiro atoms. The van der Waals surface area contributed by atoms with Crippen LogP contribution in [0.5, 0.6) is 0 Å². The van der Waals surface area contributed by atoms with Gasteiger partial charge in [0.2, 0.25) is 5.78 Å².